The van der Waals surface area contributed by atoms with Crippen LogP contribution in [0.1, 0.15) is 31.4 Å². The standard InChI is InChI=1S/C19H23N5O2/c1-14(22-19(25)23-9-7-15(11-20)8-10-23)16-12-21-24(13-16)17-5-3-4-6-18(17)26-2/h3-6,12-15H,7-10H2,1-2H3,(H,22,25)/t14-/m0/s1. The summed E-state index contributed by atoms with van der Waals surface area (Å²) in [7, 11) is 1.63. The van der Waals surface area contributed by atoms with Gasteiger partial charge in [0.25, 0.3) is 0 Å². The summed E-state index contributed by atoms with van der Waals surface area (Å²) in [6.45, 7) is 3.18. The van der Waals surface area contributed by atoms with Crippen LogP contribution in [0.3, 0.4) is 0 Å². The molecule has 1 atom stereocenters. The summed E-state index contributed by atoms with van der Waals surface area (Å²) in [6, 6.07) is 9.66. The lowest BCUT2D eigenvalue weighted by molar-refractivity contribution is 0.176. The van der Waals surface area contributed by atoms with E-state index in [2.05, 4.69) is 16.5 Å². The van der Waals surface area contributed by atoms with Gasteiger partial charge in [0.05, 0.1) is 25.4 Å². The Morgan fingerprint density at radius 1 is 1.38 bits per heavy atom. The minimum Gasteiger partial charge on any atom is -0.494 e. The summed E-state index contributed by atoms with van der Waals surface area (Å²) in [5.74, 6) is 0.801. The van der Waals surface area contributed by atoms with Crippen LogP contribution >= 0.6 is 0 Å². The average molecular weight is 353 g/mol. The number of nitrogens with one attached hydrogen (secondary N) is 1. The van der Waals surface area contributed by atoms with Crippen LogP contribution in [0.5, 0.6) is 5.75 Å². The Labute approximate surface area is 153 Å². The number of nitrogens with zero attached hydrogens (tertiary/aromatic N) is 4. The number of ether oxygens (including phenoxy) is 1. The normalized spacial score (nSPS) is 16.0. The zero-order valence-corrected chi connectivity index (χ0v) is 15.1. The van der Waals surface area contributed by atoms with Gasteiger partial charge in [0, 0.05) is 30.8 Å². The first kappa shape index (κ1) is 17.8. The smallest absolute Gasteiger partial charge is 0.317 e. The Kier molecular flexibility index (Phi) is 5.42. The molecule has 1 aliphatic heterocycles. The van der Waals surface area contributed by atoms with Crippen molar-refractivity contribution in [2.45, 2.75) is 25.8 Å². The summed E-state index contributed by atoms with van der Waals surface area (Å²) in [6.07, 6.45) is 5.12. The molecular weight excluding hydrogens is 330 g/mol. The van der Waals surface area contributed by atoms with Gasteiger partial charge in [-0.25, -0.2) is 9.48 Å². The third kappa shape index (κ3) is 3.80. The number of rotatable bonds is 4. The van der Waals surface area contributed by atoms with E-state index >= 15 is 0 Å². The van der Waals surface area contributed by atoms with Gasteiger partial charge in [0.2, 0.25) is 0 Å². The molecule has 2 amide bonds. The minimum atomic E-state index is -0.167. The second kappa shape index (κ2) is 7.91. The van der Waals surface area contributed by atoms with Gasteiger partial charge in [0.1, 0.15) is 11.4 Å². The quantitative estimate of drug-likeness (QED) is 0.916. The number of benzene rings is 1. The van der Waals surface area contributed by atoms with Gasteiger partial charge < -0.3 is 15.0 Å². The molecule has 0 bridgehead atoms. The van der Waals surface area contributed by atoms with E-state index in [9.17, 15) is 4.79 Å². The number of carbonyl (C=O) groups excluding carboxylic acids is 1. The number of carbonyl (C=O) groups is 1. The number of nitriles is 1. The largest absolute Gasteiger partial charge is 0.494 e. The molecule has 7 heteroatoms. The minimum absolute atomic E-state index is 0.0653. The average Bonchev–Trinajstić information content (AvgIpc) is 3.18. The molecule has 1 aromatic heterocycles. The number of hydrogen-bond donors (Lipinski definition) is 1. The Morgan fingerprint density at radius 3 is 2.81 bits per heavy atom. The van der Waals surface area contributed by atoms with Crippen molar-refractivity contribution in [1.82, 2.24) is 20.0 Å². The lowest BCUT2D eigenvalue weighted by atomic mass is 9.99. The van der Waals surface area contributed by atoms with Crippen molar-refractivity contribution in [1.29, 1.82) is 5.26 Å². The highest BCUT2D eigenvalue weighted by molar-refractivity contribution is 5.74. The maximum absolute atomic E-state index is 12.4. The molecule has 7 nitrogen and oxygen atoms in total. The van der Waals surface area contributed by atoms with Crippen LogP contribution in [0.15, 0.2) is 36.7 Å². The Morgan fingerprint density at radius 2 is 2.12 bits per heavy atom. The molecule has 1 fully saturated rings. The summed E-state index contributed by atoms with van der Waals surface area (Å²) >= 11 is 0. The van der Waals surface area contributed by atoms with Crippen LogP contribution in [0, 0.1) is 17.2 Å². The summed E-state index contributed by atoms with van der Waals surface area (Å²) in [5, 5.41) is 16.4. The number of piperidine rings is 1. The molecule has 1 saturated heterocycles. The van der Waals surface area contributed by atoms with Gasteiger partial charge in [0.15, 0.2) is 0 Å². The number of hydrogen-bond acceptors (Lipinski definition) is 4. The molecule has 26 heavy (non-hydrogen) atoms. The Hall–Kier alpha value is -3.01. The second-order valence-electron chi connectivity index (χ2n) is 6.45. The van der Waals surface area contributed by atoms with Crippen LogP contribution in [0.4, 0.5) is 4.79 Å². The highest BCUT2D eigenvalue weighted by Gasteiger charge is 2.24. The molecule has 0 unspecified atom stereocenters. The van der Waals surface area contributed by atoms with E-state index in [1.54, 1.807) is 22.9 Å². The van der Waals surface area contributed by atoms with Crippen molar-refractivity contribution in [3.05, 3.63) is 42.2 Å². The SMILES string of the molecule is COc1ccccc1-n1cc([C@H](C)NC(=O)N2CCC(C#N)CC2)cn1. The molecule has 0 radical (unpaired) electrons. The Bertz CT molecular complexity index is 802. The zero-order chi connectivity index (χ0) is 18.5. The first-order valence-electron chi connectivity index (χ1n) is 8.75. The van der Waals surface area contributed by atoms with Crippen LogP contribution < -0.4 is 10.1 Å². The van der Waals surface area contributed by atoms with E-state index in [0.29, 0.717) is 13.1 Å². The fourth-order valence-corrected chi connectivity index (χ4v) is 3.08. The summed E-state index contributed by atoms with van der Waals surface area (Å²) in [4.78, 5) is 14.2. The van der Waals surface area contributed by atoms with Gasteiger partial charge in [-0.1, -0.05) is 12.1 Å². The fraction of sp³-hybridized carbons (Fsp3) is 0.421. The van der Waals surface area contributed by atoms with Crippen molar-refractivity contribution in [3.63, 3.8) is 0 Å². The summed E-state index contributed by atoms with van der Waals surface area (Å²) < 4.78 is 7.12. The number of para-hydroxylation sites is 2. The van der Waals surface area contributed by atoms with E-state index in [1.807, 2.05) is 37.4 Å². The molecule has 136 valence electrons. The number of urea groups is 1. The third-order valence-electron chi connectivity index (χ3n) is 4.74. The number of methoxy groups -OCH3 is 1. The van der Waals surface area contributed by atoms with Gasteiger partial charge in [-0.2, -0.15) is 10.4 Å². The van der Waals surface area contributed by atoms with Gasteiger partial charge >= 0.3 is 6.03 Å². The predicted octanol–water partition coefficient (Wildman–Crippen LogP) is 2.89. The van der Waals surface area contributed by atoms with Crippen molar-refractivity contribution in [2.24, 2.45) is 5.92 Å². The molecule has 1 aliphatic rings. The van der Waals surface area contributed by atoms with E-state index in [0.717, 1.165) is 29.8 Å². The molecule has 2 heterocycles. The van der Waals surface area contributed by atoms with Crippen LogP contribution in [-0.2, 0) is 0 Å². The molecular formula is C19H23N5O2. The van der Waals surface area contributed by atoms with E-state index in [4.69, 9.17) is 10.00 Å². The van der Waals surface area contributed by atoms with Gasteiger partial charge in [-0.15, -0.1) is 0 Å². The maximum Gasteiger partial charge on any atom is 0.317 e. The van der Waals surface area contributed by atoms with Crippen molar-refractivity contribution < 1.29 is 9.53 Å². The van der Waals surface area contributed by atoms with E-state index in [1.165, 1.54) is 0 Å². The van der Waals surface area contributed by atoms with Crippen molar-refractivity contribution in [2.75, 3.05) is 20.2 Å². The highest BCUT2D eigenvalue weighted by Crippen LogP contribution is 2.23. The maximum atomic E-state index is 12.4. The molecule has 1 N–H and O–H groups in total. The fourth-order valence-electron chi connectivity index (χ4n) is 3.08. The first-order chi connectivity index (χ1) is 12.6. The lowest BCUT2D eigenvalue weighted by Gasteiger charge is -2.30. The topological polar surface area (TPSA) is 83.2 Å². The molecule has 0 spiro atoms. The van der Waals surface area contributed by atoms with E-state index < -0.39 is 0 Å². The Balaban J connectivity index is 1.64. The van der Waals surface area contributed by atoms with Crippen LogP contribution in [0.2, 0.25) is 0 Å². The van der Waals surface area contributed by atoms with E-state index in [-0.39, 0.29) is 18.0 Å². The second-order valence-corrected chi connectivity index (χ2v) is 6.45. The zero-order valence-electron chi connectivity index (χ0n) is 15.1. The lowest BCUT2D eigenvalue weighted by Crippen LogP contribution is -2.45. The monoisotopic (exact) mass is 353 g/mol. The molecule has 2 aromatic rings. The van der Waals surface area contributed by atoms with Crippen molar-refractivity contribution >= 4 is 6.03 Å². The number of aromatic nitrogens is 2. The number of likely N-dealkylation sites (tertiary alicyclic amines) is 1. The first-order valence-corrected chi connectivity index (χ1v) is 8.75. The predicted molar refractivity (Wildman–Crippen MR) is 97.0 cm³/mol. The third-order valence-corrected chi connectivity index (χ3v) is 4.74. The molecule has 0 aliphatic carbocycles. The molecule has 0 saturated carbocycles. The van der Waals surface area contributed by atoms with Crippen LogP contribution in [0.25, 0.3) is 5.69 Å². The van der Waals surface area contributed by atoms with Gasteiger partial charge in [-0.3, -0.25) is 0 Å². The summed E-state index contributed by atoms with van der Waals surface area (Å²) in [5.41, 5.74) is 1.76. The number of amides is 2. The van der Waals surface area contributed by atoms with Crippen LogP contribution in [-0.4, -0.2) is 40.9 Å². The highest BCUT2D eigenvalue weighted by atomic mass is 16.5. The van der Waals surface area contributed by atoms with Gasteiger partial charge in [-0.05, 0) is 31.9 Å². The molecule has 3 rings (SSSR count). The molecule has 1 aromatic carbocycles. The van der Waals surface area contributed by atoms with Crippen molar-refractivity contribution in [3.8, 4) is 17.5 Å².